The van der Waals surface area contributed by atoms with E-state index in [0.29, 0.717) is 12.1 Å². The van der Waals surface area contributed by atoms with Crippen LogP contribution in [0.15, 0.2) is 54.9 Å². The van der Waals surface area contributed by atoms with Gasteiger partial charge in [-0.25, -0.2) is 4.98 Å². The highest BCUT2D eigenvalue weighted by Crippen LogP contribution is 2.22. The number of hydrogen-bond acceptors (Lipinski definition) is 5. The molecule has 0 aliphatic rings. The Bertz CT molecular complexity index is 951. The van der Waals surface area contributed by atoms with E-state index < -0.39 is 0 Å². The second-order valence-electron chi connectivity index (χ2n) is 5.65. The molecule has 126 valence electrons. The lowest BCUT2D eigenvalue weighted by atomic mass is 10.1. The number of rotatable bonds is 5. The summed E-state index contributed by atoms with van der Waals surface area (Å²) >= 11 is 6.23. The molecule has 5 nitrogen and oxygen atoms in total. The second-order valence-corrected chi connectivity index (χ2v) is 6.05. The van der Waals surface area contributed by atoms with Crippen LogP contribution in [-0.2, 0) is 6.54 Å². The van der Waals surface area contributed by atoms with Crippen LogP contribution in [0.4, 0.5) is 5.82 Å². The van der Waals surface area contributed by atoms with Gasteiger partial charge >= 0.3 is 0 Å². The molecule has 3 rings (SSSR count). The number of hydrogen-bond donors (Lipinski definition) is 2. The van der Waals surface area contributed by atoms with Gasteiger partial charge in [0.2, 0.25) is 0 Å². The van der Waals surface area contributed by atoms with Crippen molar-refractivity contribution < 1.29 is 0 Å². The van der Waals surface area contributed by atoms with Crippen molar-refractivity contribution >= 4 is 40.2 Å². The zero-order valence-corrected chi connectivity index (χ0v) is 14.5. The van der Waals surface area contributed by atoms with Crippen LogP contribution in [0.1, 0.15) is 11.1 Å². The van der Waals surface area contributed by atoms with E-state index in [4.69, 9.17) is 22.7 Å². The van der Waals surface area contributed by atoms with Gasteiger partial charge in [0.1, 0.15) is 5.82 Å². The number of halogens is 1. The maximum absolute atomic E-state index is 7.39. The molecule has 0 radical (unpaired) electrons. The first kappa shape index (κ1) is 16.9. The molecular weight excluding hydrogens is 334 g/mol. The van der Waals surface area contributed by atoms with E-state index in [1.54, 1.807) is 6.20 Å². The van der Waals surface area contributed by atoms with E-state index in [-0.39, 0.29) is 0 Å². The summed E-state index contributed by atoms with van der Waals surface area (Å²) in [6, 6.07) is 13.4. The van der Waals surface area contributed by atoms with Crippen LogP contribution in [0.5, 0.6) is 0 Å². The Kier molecular flexibility index (Phi) is 4.95. The fourth-order valence-corrected chi connectivity index (χ4v) is 2.75. The Morgan fingerprint density at radius 2 is 2.04 bits per heavy atom. The first-order chi connectivity index (χ1) is 12.1. The fourth-order valence-electron chi connectivity index (χ4n) is 2.56. The molecule has 0 aliphatic heterocycles. The summed E-state index contributed by atoms with van der Waals surface area (Å²) in [5.74, 6) is 0.766. The van der Waals surface area contributed by atoms with E-state index in [9.17, 15) is 0 Å². The van der Waals surface area contributed by atoms with E-state index in [0.717, 1.165) is 33.0 Å². The molecule has 0 unspecified atom stereocenters. The van der Waals surface area contributed by atoms with E-state index >= 15 is 0 Å². The molecule has 0 spiro atoms. The van der Waals surface area contributed by atoms with Crippen molar-refractivity contribution in [2.45, 2.75) is 6.54 Å². The van der Waals surface area contributed by atoms with Crippen LogP contribution >= 0.6 is 11.6 Å². The Hall–Kier alpha value is -2.92. The SMILES string of the molecule is CN(Cc1ccccc1Cl)c1cnc2cc(/C(C=N)=C/N)ccc2n1. The third-order valence-corrected chi connectivity index (χ3v) is 4.32. The Morgan fingerprint density at radius 1 is 1.24 bits per heavy atom. The van der Waals surface area contributed by atoms with Gasteiger partial charge < -0.3 is 16.0 Å². The third kappa shape index (κ3) is 3.61. The zero-order chi connectivity index (χ0) is 17.8. The Balaban J connectivity index is 1.89. The maximum atomic E-state index is 7.39. The second kappa shape index (κ2) is 7.32. The average molecular weight is 352 g/mol. The molecule has 0 fully saturated rings. The molecule has 1 aromatic heterocycles. The fraction of sp³-hybridized carbons (Fsp3) is 0.105. The number of aromatic nitrogens is 2. The standard InChI is InChI=1S/C19H18ClN5/c1-25(12-14-4-2-3-5-16(14)20)19-11-23-18-8-13(15(9-21)10-22)6-7-17(18)24-19/h2-11,21H,12,22H2,1H3/b15-10+,21-9?. The van der Waals surface area contributed by atoms with Gasteiger partial charge in [0.15, 0.2) is 0 Å². The summed E-state index contributed by atoms with van der Waals surface area (Å²) in [6.07, 6.45) is 4.37. The molecule has 25 heavy (non-hydrogen) atoms. The highest BCUT2D eigenvalue weighted by molar-refractivity contribution is 6.31. The smallest absolute Gasteiger partial charge is 0.147 e. The summed E-state index contributed by atoms with van der Waals surface area (Å²) in [6.45, 7) is 0.645. The first-order valence-corrected chi connectivity index (χ1v) is 8.14. The molecule has 6 heteroatoms. The highest BCUT2D eigenvalue weighted by atomic mass is 35.5. The van der Waals surface area contributed by atoms with Gasteiger partial charge in [-0.15, -0.1) is 0 Å². The highest BCUT2D eigenvalue weighted by Gasteiger charge is 2.09. The Labute approximate surface area is 151 Å². The number of anilines is 1. The first-order valence-electron chi connectivity index (χ1n) is 7.76. The van der Waals surface area contributed by atoms with Crippen molar-refractivity contribution in [2.75, 3.05) is 11.9 Å². The van der Waals surface area contributed by atoms with Crippen LogP contribution in [0, 0.1) is 5.41 Å². The van der Waals surface area contributed by atoms with Crippen molar-refractivity contribution in [3.63, 3.8) is 0 Å². The van der Waals surface area contributed by atoms with Gasteiger partial charge in [-0.2, -0.15) is 0 Å². The van der Waals surface area contributed by atoms with Gasteiger partial charge in [0.25, 0.3) is 0 Å². The van der Waals surface area contributed by atoms with Gasteiger partial charge in [-0.05, 0) is 29.3 Å². The molecule has 0 bridgehead atoms. The van der Waals surface area contributed by atoms with Crippen LogP contribution in [0.3, 0.4) is 0 Å². The topological polar surface area (TPSA) is 78.9 Å². The van der Waals surface area contributed by atoms with Gasteiger partial charge in [0.05, 0.1) is 17.2 Å². The maximum Gasteiger partial charge on any atom is 0.147 e. The largest absolute Gasteiger partial charge is 0.404 e. The molecule has 1 heterocycles. The summed E-state index contributed by atoms with van der Waals surface area (Å²) in [5.41, 5.74) is 9.61. The summed E-state index contributed by atoms with van der Waals surface area (Å²) < 4.78 is 0. The lowest BCUT2D eigenvalue weighted by Crippen LogP contribution is -2.18. The molecule has 3 aromatic rings. The van der Waals surface area contributed by atoms with Crippen molar-refractivity contribution in [2.24, 2.45) is 5.73 Å². The predicted octanol–water partition coefficient (Wildman–Crippen LogP) is 3.87. The van der Waals surface area contributed by atoms with Gasteiger partial charge in [-0.3, -0.25) is 4.98 Å². The van der Waals surface area contributed by atoms with Crippen molar-refractivity contribution in [1.29, 1.82) is 5.41 Å². The predicted molar refractivity (Wildman–Crippen MR) is 104 cm³/mol. The molecule has 0 amide bonds. The average Bonchev–Trinajstić information content (AvgIpc) is 2.64. The van der Waals surface area contributed by atoms with Gasteiger partial charge in [0, 0.05) is 36.6 Å². The number of nitrogens with zero attached hydrogens (tertiary/aromatic N) is 3. The van der Waals surface area contributed by atoms with E-state index in [2.05, 4.69) is 9.97 Å². The number of nitrogens with one attached hydrogen (secondary N) is 1. The van der Waals surface area contributed by atoms with Crippen molar-refractivity contribution in [3.8, 4) is 0 Å². The van der Waals surface area contributed by atoms with Crippen LogP contribution < -0.4 is 10.6 Å². The molecule has 0 atom stereocenters. The third-order valence-electron chi connectivity index (χ3n) is 3.95. The minimum Gasteiger partial charge on any atom is -0.404 e. The quantitative estimate of drug-likeness (QED) is 0.684. The van der Waals surface area contributed by atoms with Crippen LogP contribution in [0.25, 0.3) is 16.6 Å². The monoisotopic (exact) mass is 351 g/mol. The number of nitrogens with two attached hydrogens (primary N) is 1. The molecule has 3 N–H and O–H groups in total. The van der Waals surface area contributed by atoms with Crippen LogP contribution in [-0.4, -0.2) is 23.2 Å². The van der Waals surface area contributed by atoms with Crippen LogP contribution in [0.2, 0.25) is 5.02 Å². The lowest BCUT2D eigenvalue weighted by molar-refractivity contribution is 0.897. The zero-order valence-electron chi connectivity index (χ0n) is 13.8. The van der Waals surface area contributed by atoms with Crippen molar-refractivity contribution in [3.05, 3.63) is 71.0 Å². The summed E-state index contributed by atoms with van der Waals surface area (Å²) in [5, 5.41) is 8.13. The molecule has 0 saturated heterocycles. The minimum absolute atomic E-state index is 0.642. The van der Waals surface area contributed by atoms with Crippen molar-refractivity contribution in [1.82, 2.24) is 9.97 Å². The molecule has 0 aliphatic carbocycles. The number of benzene rings is 2. The lowest BCUT2D eigenvalue weighted by Gasteiger charge is -2.19. The van der Waals surface area contributed by atoms with Gasteiger partial charge in [-0.1, -0.05) is 35.9 Å². The van der Waals surface area contributed by atoms with E-state index in [1.165, 1.54) is 12.4 Å². The van der Waals surface area contributed by atoms with E-state index in [1.807, 2.05) is 54.4 Å². The summed E-state index contributed by atoms with van der Waals surface area (Å²) in [7, 11) is 1.96. The molecule has 2 aromatic carbocycles. The summed E-state index contributed by atoms with van der Waals surface area (Å²) in [4.78, 5) is 11.2. The minimum atomic E-state index is 0.642. The molecular formula is C19H18ClN5. The number of fused-ring (bicyclic) bond motifs is 1. The normalized spacial score (nSPS) is 11.5. The number of allylic oxidation sites excluding steroid dienone is 1. The molecule has 0 saturated carbocycles. The Morgan fingerprint density at radius 3 is 2.76 bits per heavy atom.